The van der Waals surface area contributed by atoms with Gasteiger partial charge in [0.1, 0.15) is 5.01 Å². The van der Waals surface area contributed by atoms with Gasteiger partial charge < -0.3 is 9.64 Å². The highest BCUT2D eigenvalue weighted by molar-refractivity contribution is 7.09. The second-order valence-corrected chi connectivity index (χ2v) is 6.49. The van der Waals surface area contributed by atoms with Crippen molar-refractivity contribution in [2.75, 3.05) is 45.3 Å². The molecule has 5 nitrogen and oxygen atoms in total. The van der Waals surface area contributed by atoms with Crippen molar-refractivity contribution in [3.8, 4) is 10.6 Å². The Morgan fingerprint density at radius 2 is 1.86 bits per heavy atom. The van der Waals surface area contributed by atoms with E-state index in [0.717, 1.165) is 42.8 Å². The van der Waals surface area contributed by atoms with Crippen LogP contribution >= 0.6 is 11.5 Å². The summed E-state index contributed by atoms with van der Waals surface area (Å²) in [5.74, 6) is 0.769. The van der Waals surface area contributed by atoms with E-state index >= 15 is 0 Å². The maximum Gasteiger partial charge on any atom is 0.237 e. The molecule has 118 valence electrons. The van der Waals surface area contributed by atoms with Crippen LogP contribution in [0.2, 0.25) is 0 Å². The molecule has 0 spiro atoms. The van der Waals surface area contributed by atoms with E-state index in [0.29, 0.717) is 6.04 Å². The van der Waals surface area contributed by atoms with Gasteiger partial charge in [-0.15, -0.1) is 0 Å². The molecule has 1 aliphatic heterocycles. The lowest BCUT2D eigenvalue weighted by atomic mass is 10.0. The zero-order chi connectivity index (χ0) is 15.5. The topological polar surface area (TPSA) is 41.5 Å². The largest absolute Gasteiger partial charge is 0.379 e. The Morgan fingerprint density at radius 1 is 1.18 bits per heavy atom. The van der Waals surface area contributed by atoms with E-state index in [1.807, 2.05) is 19.0 Å². The van der Waals surface area contributed by atoms with Crippen molar-refractivity contribution in [1.82, 2.24) is 14.3 Å². The Labute approximate surface area is 135 Å². The maximum atomic E-state index is 5.42. The van der Waals surface area contributed by atoms with Crippen molar-refractivity contribution in [3.05, 3.63) is 29.8 Å². The molecular formula is C16H22N4OS. The number of hydrogen-bond acceptors (Lipinski definition) is 6. The Bertz CT molecular complexity index is 605. The van der Waals surface area contributed by atoms with Gasteiger partial charge in [-0.2, -0.15) is 9.36 Å². The Balaban J connectivity index is 1.74. The summed E-state index contributed by atoms with van der Waals surface area (Å²) in [6.07, 6.45) is 0. The van der Waals surface area contributed by atoms with Gasteiger partial charge in [-0.05, 0) is 24.0 Å². The van der Waals surface area contributed by atoms with Gasteiger partial charge in [0.25, 0.3) is 0 Å². The molecule has 1 fully saturated rings. The summed E-state index contributed by atoms with van der Waals surface area (Å²) in [7, 11) is 3.91. The number of ether oxygens (including phenoxy) is 1. The van der Waals surface area contributed by atoms with Crippen LogP contribution in [0.3, 0.4) is 0 Å². The summed E-state index contributed by atoms with van der Waals surface area (Å²) in [6.45, 7) is 5.94. The van der Waals surface area contributed by atoms with E-state index in [4.69, 9.17) is 4.74 Å². The number of morpholine rings is 1. The minimum Gasteiger partial charge on any atom is -0.379 e. The number of hydrogen-bond donors (Lipinski definition) is 0. The summed E-state index contributed by atoms with van der Waals surface area (Å²) >= 11 is 1.44. The van der Waals surface area contributed by atoms with Gasteiger partial charge in [0.2, 0.25) is 5.95 Å². The van der Waals surface area contributed by atoms with Crippen LogP contribution in [-0.2, 0) is 4.74 Å². The third-order valence-electron chi connectivity index (χ3n) is 4.05. The first-order valence-electron chi connectivity index (χ1n) is 7.58. The zero-order valence-electron chi connectivity index (χ0n) is 13.3. The fourth-order valence-corrected chi connectivity index (χ4v) is 3.33. The zero-order valence-corrected chi connectivity index (χ0v) is 14.1. The lowest BCUT2D eigenvalue weighted by Gasteiger charge is -2.32. The van der Waals surface area contributed by atoms with Crippen molar-refractivity contribution < 1.29 is 4.74 Å². The predicted molar refractivity (Wildman–Crippen MR) is 90.5 cm³/mol. The molecular weight excluding hydrogens is 296 g/mol. The number of rotatable bonds is 4. The molecule has 0 unspecified atom stereocenters. The number of aromatic nitrogens is 2. The Kier molecular flexibility index (Phi) is 4.71. The molecule has 0 aliphatic carbocycles. The normalized spacial score (nSPS) is 17.4. The smallest absolute Gasteiger partial charge is 0.237 e. The molecule has 6 heteroatoms. The molecule has 0 saturated carbocycles. The van der Waals surface area contributed by atoms with Crippen molar-refractivity contribution in [3.63, 3.8) is 0 Å². The highest BCUT2D eigenvalue weighted by atomic mass is 32.1. The molecule has 2 heterocycles. The molecule has 3 rings (SSSR count). The molecule has 1 saturated heterocycles. The van der Waals surface area contributed by atoms with Crippen LogP contribution < -0.4 is 4.90 Å². The summed E-state index contributed by atoms with van der Waals surface area (Å²) in [5.41, 5.74) is 2.46. The van der Waals surface area contributed by atoms with Crippen LogP contribution in [0, 0.1) is 0 Å². The van der Waals surface area contributed by atoms with E-state index in [9.17, 15) is 0 Å². The van der Waals surface area contributed by atoms with Gasteiger partial charge in [-0.25, -0.2) is 0 Å². The third-order valence-corrected chi connectivity index (χ3v) is 4.80. The quantitative estimate of drug-likeness (QED) is 0.867. The van der Waals surface area contributed by atoms with Crippen LogP contribution in [0.1, 0.15) is 18.5 Å². The molecule has 0 bridgehead atoms. The summed E-state index contributed by atoms with van der Waals surface area (Å²) in [6, 6.07) is 9.11. The van der Waals surface area contributed by atoms with Crippen molar-refractivity contribution in [2.45, 2.75) is 13.0 Å². The molecule has 1 aromatic carbocycles. The molecule has 1 atom stereocenters. The molecule has 2 aromatic rings. The van der Waals surface area contributed by atoms with E-state index in [1.165, 1.54) is 17.1 Å². The SMILES string of the molecule is C[C@H](c1ccc(-c2nc(N(C)C)ns2)cc1)N1CCOCC1. The maximum absolute atomic E-state index is 5.42. The molecule has 1 aliphatic rings. The number of anilines is 1. The Morgan fingerprint density at radius 3 is 2.45 bits per heavy atom. The minimum absolute atomic E-state index is 0.421. The van der Waals surface area contributed by atoms with Gasteiger partial charge in [-0.3, -0.25) is 4.90 Å². The van der Waals surface area contributed by atoms with Crippen LogP contribution in [0.5, 0.6) is 0 Å². The standard InChI is InChI=1S/C16H22N4OS/c1-12(20-8-10-21-11-9-20)13-4-6-14(7-5-13)15-17-16(18-22-15)19(2)3/h4-7,12H,8-11H2,1-3H3/t12-/m1/s1. The fraction of sp³-hybridized carbons (Fsp3) is 0.500. The predicted octanol–water partition coefficient (Wildman–Crippen LogP) is 2.66. The van der Waals surface area contributed by atoms with E-state index < -0.39 is 0 Å². The van der Waals surface area contributed by atoms with Crippen LogP contribution in [0.25, 0.3) is 10.6 Å². The second-order valence-electron chi connectivity index (χ2n) is 5.74. The first kappa shape index (κ1) is 15.4. The third kappa shape index (κ3) is 3.29. The van der Waals surface area contributed by atoms with Crippen molar-refractivity contribution in [1.29, 1.82) is 0 Å². The first-order valence-corrected chi connectivity index (χ1v) is 8.35. The first-order chi connectivity index (χ1) is 10.6. The van der Waals surface area contributed by atoms with Crippen molar-refractivity contribution >= 4 is 17.5 Å². The fourth-order valence-electron chi connectivity index (χ4n) is 2.59. The lowest BCUT2D eigenvalue weighted by molar-refractivity contribution is 0.0198. The molecule has 0 radical (unpaired) electrons. The molecule has 0 amide bonds. The summed E-state index contributed by atoms with van der Waals surface area (Å²) < 4.78 is 9.78. The van der Waals surface area contributed by atoms with E-state index in [2.05, 4.69) is 45.4 Å². The van der Waals surface area contributed by atoms with E-state index in [-0.39, 0.29) is 0 Å². The van der Waals surface area contributed by atoms with Gasteiger partial charge >= 0.3 is 0 Å². The Hall–Kier alpha value is -1.50. The monoisotopic (exact) mass is 318 g/mol. The van der Waals surface area contributed by atoms with Crippen LogP contribution in [0.4, 0.5) is 5.95 Å². The van der Waals surface area contributed by atoms with Gasteiger partial charge in [0.15, 0.2) is 0 Å². The van der Waals surface area contributed by atoms with Crippen molar-refractivity contribution in [2.24, 2.45) is 0 Å². The molecule has 1 aromatic heterocycles. The van der Waals surface area contributed by atoms with Gasteiger partial charge in [0, 0.05) is 38.8 Å². The van der Waals surface area contributed by atoms with Gasteiger partial charge in [0.05, 0.1) is 13.2 Å². The number of benzene rings is 1. The number of nitrogens with zero attached hydrogens (tertiary/aromatic N) is 4. The van der Waals surface area contributed by atoms with E-state index in [1.54, 1.807) is 0 Å². The minimum atomic E-state index is 0.421. The summed E-state index contributed by atoms with van der Waals surface area (Å²) in [4.78, 5) is 8.94. The lowest BCUT2D eigenvalue weighted by Crippen LogP contribution is -2.37. The summed E-state index contributed by atoms with van der Waals surface area (Å²) in [5, 5.41) is 0.967. The molecule has 22 heavy (non-hydrogen) atoms. The highest BCUT2D eigenvalue weighted by Gasteiger charge is 2.18. The van der Waals surface area contributed by atoms with Crippen LogP contribution in [-0.4, -0.2) is 54.7 Å². The second kappa shape index (κ2) is 6.73. The van der Waals surface area contributed by atoms with Crippen LogP contribution in [0.15, 0.2) is 24.3 Å². The average Bonchev–Trinajstić information content (AvgIpc) is 3.05. The van der Waals surface area contributed by atoms with Gasteiger partial charge in [-0.1, -0.05) is 24.3 Å². The molecule has 0 N–H and O–H groups in total. The highest BCUT2D eigenvalue weighted by Crippen LogP contribution is 2.27. The average molecular weight is 318 g/mol.